The number of oxazole rings is 1. The molecular formula is C13H13NO3. The van der Waals surface area contributed by atoms with Crippen LogP contribution in [0.3, 0.4) is 0 Å². The Labute approximate surface area is 99.2 Å². The van der Waals surface area contributed by atoms with Crippen molar-refractivity contribution in [1.29, 1.82) is 0 Å². The van der Waals surface area contributed by atoms with Crippen LogP contribution in [0.15, 0.2) is 34.9 Å². The summed E-state index contributed by atoms with van der Waals surface area (Å²) in [6.07, 6.45) is 1.54. The number of aryl methyl sites for hydroxylation is 1. The van der Waals surface area contributed by atoms with Gasteiger partial charge in [0.05, 0.1) is 12.8 Å². The molecule has 88 valence electrons. The lowest BCUT2D eigenvalue weighted by molar-refractivity contribution is 0.0482. The van der Waals surface area contributed by atoms with E-state index in [2.05, 4.69) is 4.98 Å². The van der Waals surface area contributed by atoms with Crippen LogP contribution in [-0.2, 0) is 4.74 Å². The normalized spacial score (nSPS) is 10.2. The molecule has 0 aliphatic carbocycles. The molecule has 4 heteroatoms. The molecule has 0 amide bonds. The van der Waals surface area contributed by atoms with Crippen LogP contribution < -0.4 is 0 Å². The molecule has 0 fully saturated rings. The van der Waals surface area contributed by atoms with Gasteiger partial charge in [0.1, 0.15) is 0 Å². The summed E-state index contributed by atoms with van der Waals surface area (Å²) >= 11 is 0. The summed E-state index contributed by atoms with van der Waals surface area (Å²) in [6, 6.07) is 7.75. The summed E-state index contributed by atoms with van der Waals surface area (Å²) in [5.41, 5.74) is 2.00. The van der Waals surface area contributed by atoms with Crippen LogP contribution in [0.1, 0.15) is 23.2 Å². The smallest absolute Gasteiger partial charge is 0.394 e. The van der Waals surface area contributed by atoms with E-state index in [0.717, 1.165) is 11.1 Å². The van der Waals surface area contributed by atoms with Crippen molar-refractivity contribution in [2.24, 2.45) is 0 Å². The highest BCUT2D eigenvalue weighted by Gasteiger charge is 2.15. The molecule has 2 rings (SSSR count). The summed E-state index contributed by atoms with van der Waals surface area (Å²) in [4.78, 5) is 15.3. The molecule has 4 nitrogen and oxygen atoms in total. The van der Waals surface area contributed by atoms with Gasteiger partial charge in [0.25, 0.3) is 0 Å². The number of ether oxygens (including phenoxy) is 1. The van der Waals surface area contributed by atoms with Gasteiger partial charge >= 0.3 is 11.9 Å². The first-order chi connectivity index (χ1) is 8.22. The third-order valence-corrected chi connectivity index (χ3v) is 2.37. The molecule has 0 spiro atoms. The lowest BCUT2D eigenvalue weighted by atomic mass is 10.1. The van der Waals surface area contributed by atoms with Gasteiger partial charge in [-0.1, -0.05) is 24.3 Å². The summed E-state index contributed by atoms with van der Waals surface area (Å²) in [6.45, 7) is 4.02. The van der Waals surface area contributed by atoms with Gasteiger partial charge in [0, 0.05) is 5.56 Å². The van der Waals surface area contributed by atoms with Crippen LogP contribution in [0.2, 0.25) is 0 Å². The number of benzene rings is 1. The molecule has 17 heavy (non-hydrogen) atoms. The Balaban J connectivity index is 2.30. The first kappa shape index (κ1) is 11.4. The second kappa shape index (κ2) is 4.82. The Hall–Kier alpha value is -2.10. The van der Waals surface area contributed by atoms with Crippen molar-refractivity contribution >= 4 is 5.97 Å². The zero-order chi connectivity index (χ0) is 12.3. The predicted octanol–water partition coefficient (Wildman–Crippen LogP) is 2.83. The van der Waals surface area contributed by atoms with Crippen LogP contribution in [0.4, 0.5) is 0 Å². The molecule has 0 bridgehead atoms. The standard InChI is InChI=1S/C13H13NO3/c1-3-16-13(15)12-14-8-11(17-12)10-7-5-4-6-9(10)2/h4-8H,3H2,1-2H3. The van der Waals surface area contributed by atoms with E-state index in [4.69, 9.17) is 9.15 Å². The van der Waals surface area contributed by atoms with Crippen molar-refractivity contribution in [3.63, 3.8) is 0 Å². The van der Waals surface area contributed by atoms with Gasteiger partial charge in [-0.2, -0.15) is 0 Å². The molecule has 0 radical (unpaired) electrons. The molecule has 1 heterocycles. The topological polar surface area (TPSA) is 52.3 Å². The number of aromatic nitrogens is 1. The molecule has 0 saturated heterocycles. The Morgan fingerprint density at radius 3 is 2.88 bits per heavy atom. The molecule has 0 unspecified atom stereocenters. The summed E-state index contributed by atoms with van der Waals surface area (Å²) in [5, 5.41) is 0. The fraction of sp³-hybridized carbons (Fsp3) is 0.231. The van der Waals surface area contributed by atoms with Gasteiger partial charge in [0.2, 0.25) is 0 Å². The molecule has 0 saturated carbocycles. The van der Waals surface area contributed by atoms with Gasteiger partial charge < -0.3 is 9.15 Å². The predicted molar refractivity (Wildman–Crippen MR) is 62.6 cm³/mol. The minimum absolute atomic E-state index is 0.00916. The van der Waals surface area contributed by atoms with Crippen molar-refractivity contribution in [3.05, 3.63) is 41.9 Å². The fourth-order valence-electron chi connectivity index (χ4n) is 1.54. The molecule has 0 N–H and O–H groups in total. The monoisotopic (exact) mass is 231 g/mol. The number of rotatable bonds is 3. The van der Waals surface area contributed by atoms with Crippen molar-refractivity contribution in [2.75, 3.05) is 6.61 Å². The molecule has 0 atom stereocenters. The van der Waals surface area contributed by atoms with Crippen LogP contribution in [0, 0.1) is 6.92 Å². The molecule has 0 aliphatic rings. The minimum atomic E-state index is -0.535. The van der Waals surface area contributed by atoms with Gasteiger partial charge in [-0.15, -0.1) is 0 Å². The fourth-order valence-corrected chi connectivity index (χ4v) is 1.54. The van der Waals surface area contributed by atoms with E-state index in [1.807, 2.05) is 31.2 Å². The lowest BCUT2D eigenvalue weighted by Crippen LogP contribution is -2.04. The molecule has 1 aromatic carbocycles. The third kappa shape index (κ3) is 2.36. The zero-order valence-corrected chi connectivity index (χ0v) is 9.77. The Morgan fingerprint density at radius 1 is 1.41 bits per heavy atom. The number of carbonyl (C=O) groups excluding carboxylic acids is 1. The summed E-state index contributed by atoms with van der Waals surface area (Å²) in [7, 11) is 0. The number of nitrogens with zero attached hydrogens (tertiary/aromatic N) is 1. The maximum Gasteiger partial charge on any atom is 0.394 e. The van der Waals surface area contributed by atoms with E-state index >= 15 is 0 Å². The average Bonchev–Trinajstić information content (AvgIpc) is 2.79. The average molecular weight is 231 g/mol. The van der Waals surface area contributed by atoms with E-state index in [0.29, 0.717) is 12.4 Å². The lowest BCUT2D eigenvalue weighted by Gasteiger charge is -2.00. The number of hydrogen-bond donors (Lipinski definition) is 0. The van der Waals surface area contributed by atoms with Crippen LogP contribution in [0.5, 0.6) is 0 Å². The van der Waals surface area contributed by atoms with Gasteiger partial charge in [-0.3, -0.25) is 0 Å². The largest absolute Gasteiger partial charge is 0.459 e. The second-order valence-electron chi connectivity index (χ2n) is 3.57. The van der Waals surface area contributed by atoms with Crippen LogP contribution in [-0.4, -0.2) is 17.6 Å². The quantitative estimate of drug-likeness (QED) is 0.762. The number of hydrogen-bond acceptors (Lipinski definition) is 4. The Kier molecular flexibility index (Phi) is 3.23. The molecule has 2 aromatic rings. The molecule has 1 aromatic heterocycles. The Morgan fingerprint density at radius 2 is 2.18 bits per heavy atom. The van der Waals surface area contributed by atoms with E-state index in [1.165, 1.54) is 6.20 Å². The van der Waals surface area contributed by atoms with Gasteiger partial charge in [0.15, 0.2) is 5.76 Å². The SMILES string of the molecule is CCOC(=O)c1ncc(-c2ccccc2C)o1. The van der Waals surface area contributed by atoms with Crippen molar-refractivity contribution in [2.45, 2.75) is 13.8 Å². The van der Waals surface area contributed by atoms with Crippen LogP contribution in [0.25, 0.3) is 11.3 Å². The maximum atomic E-state index is 11.4. The summed E-state index contributed by atoms with van der Waals surface area (Å²) < 4.78 is 10.2. The molecule has 0 aliphatic heterocycles. The van der Waals surface area contributed by atoms with Crippen molar-refractivity contribution in [1.82, 2.24) is 4.98 Å². The third-order valence-electron chi connectivity index (χ3n) is 2.37. The van der Waals surface area contributed by atoms with E-state index < -0.39 is 5.97 Å². The first-order valence-electron chi connectivity index (χ1n) is 5.41. The van der Waals surface area contributed by atoms with E-state index in [-0.39, 0.29) is 5.89 Å². The van der Waals surface area contributed by atoms with Crippen LogP contribution >= 0.6 is 0 Å². The molecular weight excluding hydrogens is 218 g/mol. The van der Waals surface area contributed by atoms with E-state index in [9.17, 15) is 4.79 Å². The second-order valence-corrected chi connectivity index (χ2v) is 3.57. The van der Waals surface area contributed by atoms with E-state index in [1.54, 1.807) is 6.92 Å². The van der Waals surface area contributed by atoms with Crippen molar-refractivity contribution in [3.8, 4) is 11.3 Å². The highest BCUT2D eigenvalue weighted by atomic mass is 16.5. The number of carbonyl (C=O) groups is 1. The Bertz CT molecular complexity index is 531. The van der Waals surface area contributed by atoms with Crippen molar-refractivity contribution < 1.29 is 13.9 Å². The van der Waals surface area contributed by atoms with Gasteiger partial charge in [-0.25, -0.2) is 9.78 Å². The zero-order valence-electron chi connectivity index (χ0n) is 9.77. The number of esters is 1. The first-order valence-corrected chi connectivity index (χ1v) is 5.41. The summed E-state index contributed by atoms with van der Waals surface area (Å²) in [5.74, 6) is 0.0311. The maximum absolute atomic E-state index is 11.4. The van der Waals surface area contributed by atoms with Gasteiger partial charge in [-0.05, 0) is 19.4 Å². The minimum Gasteiger partial charge on any atom is -0.459 e. The highest BCUT2D eigenvalue weighted by Crippen LogP contribution is 2.23. The highest BCUT2D eigenvalue weighted by molar-refractivity contribution is 5.84.